The number of carbonyl (C=O) groups is 2. The van der Waals surface area contributed by atoms with Crippen LogP contribution in [0.25, 0.3) is 0 Å². The van der Waals surface area contributed by atoms with Crippen molar-refractivity contribution >= 4 is 23.2 Å². The number of nitrogens with one attached hydrogen (secondary N) is 2. The summed E-state index contributed by atoms with van der Waals surface area (Å²) in [6, 6.07) is 24.5. The van der Waals surface area contributed by atoms with E-state index >= 15 is 0 Å². The number of ether oxygens (including phenoxy) is 1. The molecule has 0 spiro atoms. The summed E-state index contributed by atoms with van der Waals surface area (Å²) in [6.07, 6.45) is 4.64. The molecule has 6 heteroatoms. The van der Waals surface area contributed by atoms with E-state index in [2.05, 4.69) is 17.6 Å². The molecule has 0 atom stereocenters. The number of benzene rings is 3. The van der Waals surface area contributed by atoms with Crippen molar-refractivity contribution in [3.05, 3.63) is 90.0 Å². The number of carbonyl (C=O) groups excluding carboxylic acids is 2. The predicted octanol–water partition coefficient (Wildman–Crippen LogP) is 5.97. The second kappa shape index (κ2) is 13.8. The maximum Gasteiger partial charge on any atom is 0.253 e. The minimum Gasteiger partial charge on any atom is -0.494 e. The lowest BCUT2D eigenvalue weighted by atomic mass is 10.1. The number of rotatable bonds is 13. The molecule has 0 aliphatic rings. The zero-order chi connectivity index (χ0) is 24.9. The van der Waals surface area contributed by atoms with Gasteiger partial charge in [0, 0.05) is 36.6 Å². The first-order valence-corrected chi connectivity index (χ1v) is 12.2. The fourth-order valence-electron chi connectivity index (χ4n) is 3.68. The molecule has 3 aromatic carbocycles. The largest absolute Gasteiger partial charge is 0.494 e. The van der Waals surface area contributed by atoms with Gasteiger partial charge in [0.05, 0.1) is 13.2 Å². The Labute approximate surface area is 208 Å². The molecular formula is C29H35N3O3. The second-order valence-electron chi connectivity index (χ2n) is 8.57. The van der Waals surface area contributed by atoms with Crippen molar-refractivity contribution in [3.8, 4) is 5.75 Å². The number of anilines is 2. The summed E-state index contributed by atoms with van der Waals surface area (Å²) in [4.78, 5) is 27.0. The van der Waals surface area contributed by atoms with Crippen molar-refractivity contribution in [3.63, 3.8) is 0 Å². The van der Waals surface area contributed by atoms with Crippen LogP contribution in [-0.2, 0) is 11.3 Å². The van der Waals surface area contributed by atoms with E-state index in [0.29, 0.717) is 24.4 Å². The lowest BCUT2D eigenvalue weighted by molar-refractivity contribution is -0.114. The summed E-state index contributed by atoms with van der Waals surface area (Å²) in [7, 11) is 1.77. The molecule has 0 aliphatic carbocycles. The summed E-state index contributed by atoms with van der Waals surface area (Å²) >= 11 is 0. The molecule has 0 saturated heterocycles. The first-order valence-electron chi connectivity index (χ1n) is 12.2. The molecule has 0 saturated carbocycles. The Morgan fingerprint density at radius 1 is 0.857 bits per heavy atom. The van der Waals surface area contributed by atoms with Crippen LogP contribution in [0.1, 0.15) is 48.5 Å². The molecule has 184 valence electrons. The van der Waals surface area contributed by atoms with Crippen LogP contribution >= 0.6 is 0 Å². The van der Waals surface area contributed by atoms with Crippen LogP contribution < -0.4 is 15.4 Å². The van der Waals surface area contributed by atoms with Crippen LogP contribution in [0.2, 0.25) is 0 Å². The molecule has 0 heterocycles. The van der Waals surface area contributed by atoms with Crippen LogP contribution in [0.4, 0.5) is 11.4 Å². The van der Waals surface area contributed by atoms with Gasteiger partial charge in [0.1, 0.15) is 5.75 Å². The Hall–Kier alpha value is -3.80. The number of hydrogen-bond acceptors (Lipinski definition) is 4. The smallest absolute Gasteiger partial charge is 0.253 e. The van der Waals surface area contributed by atoms with Crippen LogP contribution in [0.5, 0.6) is 5.75 Å². The number of hydrogen-bond donors (Lipinski definition) is 2. The lowest BCUT2D eigenvalue weighted by Crippen LogP contribution is -2.26. The van der Waals surface area contributed by atoms with E-state index in [1.165, 1.54) is 19.3 Å². The Morgan fingerprint density at radius 3 is 2.43 bits per heavy atom. The highest BCUT2D eigenvalue weighted by atomic mass is 16.5. The minimum absolute atomic E-state index is 0.102. The van der Waals surface area contributed by atoms with E-state index in [9.17, 15) is 9.59 Å². The van der Waals surface area contributed by atoms with Crippen LogP contribution in [-0.4, -0.2) is 36.9 Å². The van der Waals surface area contributed by atoms with Crippen molar-refractivity contribution in [2.45, 2.75) is 39.2 Å². The summed E-state index contributed by atoms with van der Waals surface area (Å²) in [5.74, 6) is 0.491. The maximum atomic E-state index is 12.8. The molecular weight excluding hydrogens is 438 g/mol. The van der Waals surface area contributed by atoms with Gasteiger partial charge in [0.25, 0.3) is 5.91 Å². The Morgan fingerprint density at radius 2 is 1.63 bits per heavy atom. The van der Waals surface area contributed by atoms with Crippen molar-refractivity contribution in [1.29, 1.82) is 0 Å². The van der Waals surface area contributed by atoms with Gasteiger partial charge in [-0.15, -0.1) is 0 Å². The van der Waals surface area contributed by atoms with Gasteiger partial charge in [-0.05, 0) is 42.3 Å². The third kappa shape index (κ3) is 8.81. The van der Waals surface area contributed by atoms with Gasteiger partial charge in [-0.1, -0.05) is 68.7 Å². The quantitative estimate of drug-likeness (QED) is 0.300. The highest BCUT2D eigenvalue weighted by Crippen LogP contribution is 2.18. The fourth-order valence-corrected chi connectivity index (χ4v) is 3.68. The van der Waals surface area contributed by atoms with E-state index in [0.717, 1.165) is 23.4 Å². The van der Waals surface area contributed by atoms with Crippen LogP contribution in [0.15, 0.2) is 78.9 Å². The fraction of sp³-hybridized carbons (Fsp3) is 0.310. The highest BCUT2D eigenvalue weighted by Gasteiger charge is 2.13. The molecule has 0 unspecified atom stereocenters. The number of unbranched alkanes of at least 4 members (excludes halogenated alkanes) is 3. The molecule has 0 radical (unpaired) electrons. The third-order valence-corrected chi connectivity index (χ3v) is 5.56. The normalized spacial score (nSPS) is 10.5. The molecule has 2 N–H and O–H groups in total. The summed E-state index contributed by atoms with van der Waals surface area (Å²) in [5, 5.41) is 5.99. The van der Waals surface area contributed by atoms with Gasteiger partial charge in [-0.2, -0.15) is 0 Å². The minimum atomic E-state index is -0.196. The van der Waals surface area contributed by atoms with E-state index in [1.54, 1.807) is 36.2 Å². The molecule has 35 heavy (non-hydrogen) atoms. The Kier molecular flexibility index (Phi) is 10.2. The van der Waals surface area contributed by atoms with Gasteiger partial charge in [0.15, 0.2) is 0 Å². The lowest BCUT2D eigenvalue weighted by Gasteiger charge is -2.18. The average Bonchev–Trinajstić information content (AvgIpc) is 2.88. The van der Waals surface area contributed by atoms with Crippen LogP contribution in [0.3, 0.4) is 0 Å². The summed E-state index contributed by atoms with van der Waals surface area (Å²) in [6.45, 7) is 3.50. The van der Waals surface area contributed by atoms with E-state index in [4.69, 9.17) is 4.74 Å². The Balaban J connectivity index is 1.48. The molecule has 0 fully saturated rings. The molecule has 0 aliphatic heterocycles. The SMILES string of the molecule is CCCCCCOc1cccc(NCC(=O)Nc2cccc(C(=O)N(C)Cc3ccccc3)c2)c1. The van der Waals surface area contributed by atoms with Gasteiger partial charge in [0.2, 0.25) is 5.91 Å². The maximum absolute atomic E-state index is 12.8. The van der Waals surface area contributed by atoms with Gasteiger partial charge >= 0.3 is 0 Å². The standard InChI is InChI=1S/C29H35N3O3/c1-3-4-5-9-18-35-27-17-11-15-25(20-27)30-21-28(33)31-26-16-10-14-24(19-26)29(34)32(2)22-23-12-7-6-8-13-23/h6-8,10-17,19-20,30H,3-5,9,18,21-22H2,1-2H3,(H,31,33). The molecule has 3 aromatic rings. The van der Waals surface area contributed by atoms with Crippen molar-refractivity contribution < 1.29 is 14.3 Å². The molecule has 3 rings (SSSR count). The second-order valence-corrected chi connectivity index (χ2v) is 8.57. The zero-order valence-corrected chi connectivity index (χ0v) is 20.6. The molecule has 2 amide bonds. The first kappa shape index (κ1) is 25.8. The topological polar surface area (TPSA) is 70.7 Å². The van der Waals surface area contributed by atoms with Crippen molar-refractivity contribution in [2.24, 2.45) is 0 Å². The monoisotopic (exact) mass is 473 g/mol. The van der Waals surface area contributed by atoms with Gasteiger partial charge < -0.3 is 20.3 Å². The summed E-state index contributed by atoms with van der Waals surface area (Å²) in [5.41, 5.74) is 2.99. The highest BCUT2D eigenvalue weighted by molar-refractivity contribution is 5.98. The van der Waals surface area contributed by atoms with Gasteiger partial charge in [-0.3, -0.25) is 9.59 Å². The number of nitrogens with zero attached hydrogens (tertiary/aromatic N) is 1. The average molecular weight is 474 g/mol. The van der Waals surface area contributed by atoms with Crippen molar-refractivity contribution in [2.75, 3.05) is 30.8 Å². The predicted molar refractivity (Wildman–Crippen MR) is 142 cm³/mol. The molecule has 0 aromatic heterocycles. The third-order valence-electron chi connectivity index (χ3n) is 5.56. The zero-order valence-electron chi connectivity index (χ0n) is 20.6. The van der Waals surface area contributed by atoms with Gasteiger partial charge in [-0.25, -0.2) is 0 Å². The number of amides is 2. The molecule has 0 bridgehead atoms. The van der Waals surface area contributed by atoms with Crippen molar-refractivity contribution in [1.82, 2.24) is 4.90 Å². The first-order chi connectivity index (χ1) is 17.0. The van der Waals surface area contributed by atoms with E-state index in [1.807, 2.05) is 54.6 Å². The van der Waals surface area contributed by atoms with Crippen LogP contribution in [0, 0.1) is 0 Å². The van der Waals surface area contributed by atoms with E-state index < -0.39 is 0 Å². The Bertz CT molecular complexity index is 1090. The molecule has 6 nitrogen and oxygen atoms in total. The summed E-state index contributed by atoms with van der Waals surface area (Å²) < 4.78 is 5.81. The van der Waals surface area contributed by atoms with E-state index in [-0.39, 0.29) is 18.4 Å².